The fourth-order valence-electron chi connectivity index (χ4n) is 4.65. The Hall–Kier alpha value is -1.82. The van der Waals surface area contributed by atoms with E-state index in [0.29, 0.717) is 36.1 Å². The van der Waals surface area contributed by atoms with Gasteiger partial charge in [-0.15, -0.1) is 11.3 Å². The van der Waals surface area contributed by atoms with E-state index < -0.39 is 15.9 Å². The molecule has 0 aromatic carbocycles. The van der Waals surface area contributed by atoms with Crippen molar-refractivity contribution >= 4 is 32.4 Å². The Kier molecular flexibility index (Phi) is 6.99. The molecular weight excluding hydrogens is 450 g/mol. The van der Waals surface area contributed by atoms with E-state index in [4.69, 9.17) is 4.52 Å². The first-order chi connectivity index (χ1) is 15.2. The molecule has 2 fully saturated rings. The Bertz CT molecular complexity index is 1040. The topological polar surface area (TPSA) is 109 Å². The maximum atomic E-state index is 13.1. The number of nitrogens with zero attached hydrogens (tertiary/aromatic N) is 4. The summed E-state index contributed by atoms with van der Waals surface area (Å²) >= 11 is 1.42. The summed E-state index contributed by atoms with van der Waals surface area (Å²) in [7, 11) is -3.76. The van der Waals surface area contributed by atoms with Gasteiger partial charge >= 0.3 is 0 Å². The minimum absolute atomic E-state index is 0.107. The van der Waals surface area contributed by atoms with Crippen molar-refractivity contribution in [2.24, 2.45) is 11.8 Å². The van der Waals surface area contributed by atoms with Crippen LogP contribution < -0.4 is 5.32 Å². The van der Waals surface area contributed by atoms with Crippen molar-refractivity contribution in [2.75, 3.05) is 31.5 Å². The molecule has 176 valence electrons. The first-order valence-corrected chi connectivity index (χ1v) is 13.5. The minimum Gasteiger partial charge on any atom is -0.360 e. The van der Waals surface area contributed by atoms with Gasteiger partial charge in [0, 0.05) is 31.6 Å². The number of carbonyl (C=O) groups excluding carboxylic acids is 1. The van der Waals surface area contributed by atoms with Gasteiger partial charge in [-0.2, -0.15) is 4.31 Å². The minimum atomic E-state index is -3.76. The normalized spacial score (nSPS) is 23.3. The molecule has 0 aliphatic carbocycles. The highest BCUT2D eigenvalue weighted by Gasteiger charge is 2.36. The van der Waals surface area contributed by atoms with Gasteiger partial charge in [0.15, 0.2) is 10.9 Å². The Morgan fingerprint density at radius 1 is 1.25 bits per heavy atom. The molecule has 0 radical (unpaired) electrons. The van der Waals surface area contributed by atoms with Crippen LogP contribution in [0.3, 0.4) is 0 Å². The zero-order valence-electron chi connectivity index (χ0n) is 18.8. The third-order valence-electron chi connectivity index (χ3n) is 6.23. The van der Waals surface area contributed by atoms with Gasteiger partial charge in [-0.3, -0.25) is 9.69 Å². The highest BCUT2D eigenvalue weighted by atomic mass is 32.2. The van der Waals surface area contributed by atoms with Gasteiger partial charge in [0.1, 0.15) is 10.6 Å². The number of sulfonamides is 1. The number of amides is 1. The maximum Gasteiger partial charge on any atom is 0.248 e. The summed E-state index contributed by atoms with van der Waals surface area (Å²) in [6.45, 7) is 8.96. The van der Waals surface area contributed by atoms with Crippen LogP contribution in [-0.4, -0.2) is 59.8 Å². The van der Waals surface area contributed by atoms with Gasteiger partial charge in [-0.1, -0.05) is 12.1 Å². The number of anilines is 1. The molecule has 4 heterocycles. The van der Waals surface area contributed by atoms with Crippen LogP contribution in [-0.2, 0) is 21.4 Å². The second-order valence-corrected chi connectivity index (χ2v) is 11.7. The van der Waals surface area contributed by atoms with Crippen molar-refractivity contribution in [3.63, 3.8) is 0 Å². The molecule has 0 saturated carbocycles. The van der Waals surface area contributed by atoms with Gasteiger partial charge in [0.25, 0.3) is 0 Å². The first kappa shape index (κ1) is 23.3. The van der Waals surface area contributed by atoms with Crippen LogP contribution in [0.5, 0.6) is 0 Å². The fourth-order valence-corrected chi connectivity index (χ4v) is 7.17. The van der Waals surface area contributed by atoms with Gasteiger partial charge in [0.2, 0.25) is 15.9 Å². The van der Waals surface area contributed by atoms with Crippen LogP contribution in [0.2, 0.25) is 0 Å². The molecule has 2 aliphatic heterocycles. The highest BCUT2D eigenvalue weighted by molar-refractivity contribution is 7.89. The molecule has 4 rings (SSSR count). The standard InChI is InChI=1S/C21H31N5O4S2/c1-14-6-4-8-25(10-14)12-18-13-31-21(22-18)23-20(27)17-7-5-9-26(11-17)32(28,29)19-15(2)24-30-16(19)3/h13-14,17H,4-12H2,1-3H3,(H,22,23,27). The molecule has 2 unspecified atom stereocenters. The predicted octanol–water partition coefficient (Wildman–Crippen LogP) is 3.02. The molecule has 2 aliphatic rings. The third-order valence-corrected chi connectivity index (χ3v) is 9.15. The van der Waals surface area contributed by atoms with Crippen LogP contribution in [0.1, 0.15) is 49.8 Å². The van der Waals surface area contributed by atoms with E-state index >= 15 is 0 Å². The van der Waals surface area contributed by atoms with Crippen molar-refractivity contribution in [2.45, 2.75) is 57.9 Å². The third kappa shape index (κ3) is 5.05. The van der Waals surface area contributed by atoms with Crippen LogP contribution >= 0.6 is 11.3 Å². The molecule has 9 nitrogen and oxygen atoms in total. The van der Waals surface area contributed by atoms with Crippen molar-refractivity contribution in [1.82, 2.24) is 19.3 Å². The summed E-state index contributed by atoms with van der Waals surface area (Å²) < 4.78 is 32.6. The van der Waals surface area contributed by atoms with Crippen LogP contribution in [0.15, 0.2) is 14.8 Å². The molecule has 2 saturated heterocycles. The second kappa shape index (κ2) is 9.58. The van der Waals surface area contributed by atoms with E-state index in [1.54, 1.807) is 13.8 Å². The Balaban J connectivity index is 1.37. The van der Waals surface area contributed by atoms with E-state index in [0.717, 1.165) is 25.3 Å². The Labute approximate surface area is 193 Å². The lowest BCUT2D eigenvalue weighted by atomic mass is 9.99. The zero-order chi connectivity index (χ0) is 22.9. The van der Waals surface area contributed by atoms with Gasteiger partial charge in [0.05, 0.1) is 11.6 Å². The van der Waals surface area contributed by atoms with Crippen LogP contribution in [0.4, 0.5) is 5.13 Å². The summed E-state index contributed by atoms with van der Waals surface area (Å²) in [6, 6.07) is 0. The number of aryl methyl sites for hydroxylation is 2. The lowest BCUT2D eigenvalue weighted by molar-refractivity contribution is -0.120. The van der Waals surface area contributed by atoms with E-state index in [2.05, 4.69) is 27.3 Å². The highest BCUT2D eigenvalue weighted by Crippen LogP contribution is 2.29. The molecule has 0 spiro atoms. The number of rotatable bonds is 6. The van der Waals surface area contributed by atoms with Crippen molar-refractivity contribution in [3.05, 3.63) is 22.5 Å². The number of piperidine rings is 2. The Morgan fingerprint density at radius 3 is 2.75 bits per heavy atom. The number of thiazole rings is 1. The lowest BCUT2D eigenvalue weighted by Gasteiger charge is -2.30. The number of likely N-dealkylation sites (tertiary alicyclic amines) is 1. The van der Waals surface area contributed by atoms with Crippen molar-refractivity contribution in [3.8, 4) is 0 Å². The Morgan fingerprint density at radius 2 is 2.03 bits per heavy atom. The molecule has 0 bridgehead atoms. The predicted molar refractivity (Wildman–Crippen MR) is 122 cm³/mol. The summed E-state index contributed by atoms with van der Waals surface area (Å²) in [5.74, 6) is 0.371. The smallest absolute Gasteiger partial charge is 0.248 e. The van der Waals surface area contributed by atoms with Crippen LogP contribution in [0.25, 0.3) is 0 Å². The fraction of sp³-hybridized carbons (Fsp3) is 0.667. The molecule has 11 heteroatoms. The quantitative estimate of drug-likeness (QED) is 0.675. The first-order valence-electron chi connectivity index (χ1n) is 11.1. The second-order valence-electron chi connectivity index (χ2n) is 8.97. The van der Waals surface area contributed by atoms with Gasteiger partial charge < -0.3 is 9.84 Å². The number of carbonyl (C=O) groups is 1. The summed E-state index contributed by atoms with van der Waals surface area (Å²) in [6.07, 6.45) is 3.75. The summed E-state index contributed by atoms with van der Waals surface area (Å²) in [5.41, 5.74) is 1.30. The van der Waals surface area contributed by atoms with E-state index in [-0.39, 0.29) is 23.1 Å². The number of hydrogen-bond acceptors (Lipinski definition) is 8. The molecular formula is C21H31N5O4S2. The SMILES string of the molecule is Cc1noc(C)c1S(=O)(=O)N1CCCC(C(=O)Nc2nc(CN3CCCC(C)C3)cs2)C1. The molecule has 2 aromatic rings. The zero-order valence-corrected chi connectivity index (χ0v) is 20.5. The molecule has 2 atom stereocenters. The van der Waals surface area contributed by atoms with Crippen molar-refractivity contribution in [1.29, 1.82) is 0 Å². The molecule has 1 amide bonds. The average molecular weight is 482 g/mol. The van der Waals surface area contributed by atoms with Gasteiger partial charge in [-0.05, 0) is 52.0 Å². The van der Waals surface area contributed by atoms with Crippen LogP contribution in [0, 0.1) is 25.7 Å². The largest absolute Gasteiger partial charge is 0.360 e. The van der Waals surface area contributed by atoms with Gasteiger partial charge in [-0.25, -0.2) is 13.4 Å². The van der Waals surface area contributed by atoms with E-state index in [1.807, 2.05) is 5.38 Å². The monoisotopic (exact) mass is 481 g/mol. The number of hydrogen-bond donors (Lipinski definition) is 1. The molecule has 32 heavy (non-hydrogen) atoms. The summed E-state index contributed by atoms with van der Waals surface area (Å²) in [5, 5.41) is 9.23. The lowest BCUT2D eigenvalue weighted by Crippen LogP contribution is -2.43. The van der Waals surface area contributed by atoms with E-state index in [9.17, 15) is 13.2 Å². The van der Waals surface area contributed by atoms with Crippen molar-refractivity contribution < 1.29 is 17.7 Å². The van der Waals surface area contributed by atoms with E-state index in [1.165, 1.54) is 28.5 Å². The average Bonchev–Trinajstić information content (AvgIpc) is 3.33. The number of aromatic nitrogens is 2. The maximum absolute atomic E-state index is 13.1. The number of nitrogens with one attached hydrogen (secondary N) is 1. The summed E-state index contributed by atoms with van der Waals surface area (Å²) in [4.78, 5) is 20.0. The molecule has 2 aromatic heterocycles. The molecule has 1 N–H and O–H groups in total.